The Morgan fingerprint density at radius 1 is 1.08 bits per heavy atom. The molecule has 2 aromatic rings. The van der Waals surface area contributed by atoms with Gasteiger partial charge in [-0.2, -0.15) is 13.2 Å². The number of hydrogen-bond donors (Lipinski definition) is 1. The summed E-state index contributed by atoms with van der Waals surface area (Å²) in [6.07, 6.45) is -4.46. The van der Waals surface area contributed by atoms with Crippen molar-refractivity contribution in [3.63, 3.8) is 0 Å². The average molecular weight is 359 g/mol. The number of nitrogens with one attached hydrogen (secondary N) is 1. The Kier molecular flexibility index (Phi) is 5.38. The summed E-state index contributed by atoms with van der Waals surface area (Å²) < 4.78 is 63.7. The quantitative estimate of drug-likeness (QED) is 0.872. The average Bonchev–Trinajstić information content (AvgIpc) is 2.53. The second-order valence-corrected chi connectivity index (χ2v) is 6.05. The summed E-state index contributed by atoms with van der Waals surface area (Å²) >= 11 is 0. The maximum atomic E-state index is 12.7. The highest BCUT2D eigenvalue weighted by atomic mass is 32.2. The van der Waals surface area contributed by atoms with Gasteiger partial charge in [0.15, 0.2) is 11.0 Å². The lowest BCUT2D eigenvalue weighted by Crippen LogP contribution is -2.09. The Morgan fingerprint density at radius 2 is 1.79 bits per heavy atom. The van der Waals surface area contributed by atoms with Crippen LogP contribution in [0.4, 0.5) is 18.9 Å². The van der Waals surface area contributed by atoms with Gasteiger partial charge in [-0.3, -0.25) is 0 Å². The van der Waals surface area contributed by atoms with E-state index in [-0.39, 0.29) is 5.69 Å². The first-order valence-electron chi connectivity index (χ1n) is 6.85. The number of rotatable bonds is 5. The molecule has 0 radical (unpaired) electrons. The van der Waals surface area contributed by atoms with Crippen molar-refractivity contribution in [1.29, 1.82) is 0 Å². The van der Waals surface area contributed by atoms with Crippen molar-refractivity contribution in [3.05, 3.63) is 47.5 Å². The summed E-state index contributed by atoms with van der Waals surface area (Å²) in [5.74, 6) is 0.916. The SMILES string of the molecule is COc1ccc([S@@](=O)Nc2cccc(C(F)(F)F)c2)c(OC)c1C. The predicted molar refractivity (Wildman–Crippen MR) is 85.8 cm³/mol. The summed E-state index contributed by atoms with van der Waals surface area (Å²) in [6.45, 7) is 1.74. The number of ether oxygens (including phenoxy) is 2. The lowest BCUT2D eigenvalue weighted by molar-refractivity contribution is -0.137. The van der Waals surface area contributed by atoms with Crippen LogP contribution in [0.3, 0.4) is 0 Å². The summed E-state index contributed by atoms with van der Waals surface area (Å²) in [4.78, 5) is 0.313. The largest absolute Gasteiger partial charge is 0.496 e. The van der Waals surface area contributed by atoms with Gasteiger partial charge < -0.3 is 14.2 Å². The van der Waals surface area contributed by atoms with E-state index in [1.54, 1.807) is 19.1 Å². The second-order valence-electron chi connectivity index (χ2n) is 4.87. The lowest BCUT2D eigenvalue weighted by Gasteiger charge is -2.15. The molecule has 8 heteroatoms. The number of methoxy groups -OCH3 is 2. The van der Waals surface area contributed by atoms with E-state index in [1.165, 1.54) is 26.4 Å². The molecule has 0 heterocycles. The highest BCUT2D eigenvalue weighted by molar-refractivity contribution is 7.86. The van der Waals surface area contributed by atoms with Gasteiger partial charge in [-0.1, -0.05) is 6.07 Å². The van der Waals surface area contributed by atoms with E-state index in [9.17, 15) is 17.4 Å². The monoisotopic (exact) mass is 359 g/mol. The molecule has 2 aromatic carbocycles. The van der Waals surface area contributed by atoms with E-state index < -0.39 is 22.7 Å². The molecule has 24 heavy (non-hydrogen) atoms. The number of alkyl halides is 3. The van der Waals surface area contributed by atoms with E-state index >= 15 is 0 Å². The second kappa shape index (κ2) is 7.12. The van der Waals surface area contributed by atoms with Crippen LogP contribution in [-0.2, 0) is 17.2 Å². The van der Waals surface area contributed by atoms with Crippen molar-refractivity contribution in [1.82, 2.24) is 0 Å². The van der Waals surface area contributed by atoms with Crippen LogP contribution in [0, 0.1) is 6.92 Å². The van der Waals surface area contributed by atoms with Gasteiger partial charge in [-0.15, -0.1) is 0 Å². The van der Waals surface area contributed by atoms with E-state index in [2.05, 4.69) is 4.72 Å². The Bertz CT molecular complexity index is 763. The molecule has 0 saturated carbocycles. The van der Waals surface area contributed by atoms with Crippen molar-refractivity contribution in [2.24, 2.45) is 0 Å². The maximum absolute atomic E-state index is 12.7. The molecule has 0 saturated heterocycles. The third-order valence-corrected chi connectivity index (χ3v) is 4.49. The molecule has 0 unspecified atom stereocenters. The molecule has 4 nitrogen and oxygen atoms in total. The van der Waals surface area contributed by atoms with Gasteiger partial charge >= 0.3 is 6.18 Å². The molecule has 0 aliphatic carbocycles. The van der Waals surface area contributed by atoms with Gasteiger partial charge in [0.1, 0.15) is 16.4 Å². The van der Waals surface area contributed by atoms with Crippen LogP contribution in [0.25, 0.3) is 0 Å². The molecule has 0 fully saturated rings. The van der Waals surface area contributed by atoms with Gasteiger partial charge in [0.2, 0.25) is 0 Å². The zero-order valence-corrected chi connectivity index (χ0v) is 14.0. The molecule has 0 aliphatic rings. The van der Waals surface area contributed by atoms with E-state index in [1.807, 2.05) is 0 Å². The minimum atomic E-state index is -4.46. The van der Waals surface area contributed by atoms with Gasteiger partial charge in [-0.05, 0) is 37.3 Å². The van der Waals surface area contributed by atoms with Gasteiger partial charge in [0, 0.05) is 11.3 Å². The summed E-state index contributed by atoms with van der Waals surface area (Å²) in [7, 11) is 1.12. The topological polar surface area (TPSA) is 47.6 Å². The molecule has 0 bridgehead atoms. The zero-order valence-electron chi connectivity index (χ0n) is 13.2. The van der Waals surface area contributed by atoms with Gasteiger partial charge in [0.25, 0.3) is 0 Å². The first-order chi connectivity index (χ1) is 11.3. The summed E-state index contributed by atoms with van der Waals surface area (Å²) in [6, 6.07) is 7.68. The Balaban J connectivity index is 2.33. The third-order valence-electron chi connectivity index (χ3n) is 3.34. The molecule has 0 aromatic heterocycles. The van der Waals surface area contributed by atoms with Crippen LogP contribution in [0.2, 0.25) is 0 Å². The maximum Gasteiger partial charge on any atom is 0.416 e. The van der Waals surface area contributed by atoms with Crippen molar-refractivity contribution < 1.29 is 26.9 Å². The van der Waals surface area contributed by atoms with Crippen molar-refractivity contribution >= 4 is 16.7 Å². The fourth-order valence-corrected chi connectivity index (χ4v) is 3.24. The van der Waals surface area contributed by atoms with Crippen LogP contribution in [0.5, 0.6) is 11.5 Å². The molecular weight excluding hydrogens is 343 g/mol. The number of hydrogen-bond acceptors (Lipinski definition) is 3. The highest BCUT2D eigenvalue weighted by Gasteiger charge is 2.30. The van der Waals surface area contributed by atoms with E-state index in [4.69, 9.17) is 9.47 Å². The fourth-order valence-electron chi connectivity index (χ4n) is 2.19. The highest BCUT2D eigenvalue weighted by Crippen LogP contribution is 2.34. The minimum Gasteiger partial charge on any atom is -0.496 e. The molecule has 130 valence electrons. The normalized spacial score (nSPS) is 12.6. The van der Waals surface area contributed by atoms with E-state index in [0.29, 0.717) is 22.0 Å². The Hall–Kier alpha value is -2.22. The number of anilines is 1. The Labute approximate surface area is 140 Å². The van der Waals surface area contributed by atoms with Crippen molar-refractivity contribution in [3.8, 4) is 11.5 Å². The van der Waals surface area contributed by atoms with Crippen LogP contribution >= 0.6 is 0 Å². The standard InChI is InChI=1S/C16H16F3NO3S/c1-10-13(22-2)7-8-14(15(10)23-3)24(21)20-12-6-4-5-11(9-12)16(17,18)19/h4-9,20H,1-3H3/t24-/m1/s1. The molecule has 1 atom stereocenters. The molecule has 0 aliphatic heterocycles. The number of benzene rings is 2. The van der Waals surface area contributed by atoms with Gasteiger partial charge in [0.05, 0.1) is 19.8 Å². The van der Waals surface area contributed by atoms with Crippen molar-refractivity contribution in [2.45, 2.75) is 18.0 Å². The van der Waals surface area contributed by atoms with Gasteiger partial charge in [-0.25, -0.2) is 4.21 Å². The molecule has 1 N–H and O–H groups in total. The minimum absolute atomic E-state index is 0.0960. The van der Waals surface area contributed by atoms with E-state index in [0.717, 1.165) is 12.1 Å². The number of halogens is 3. The lowest BCUT2D eigenvalue weighted by atomic mass is 10.2. The molecule has 0 spiro atoms. The summed E-state index contributed by atoms with van der Waals surface area (Å²) in [5.41, 5.74) is -0.0715. The van der Waals surface area contributed by atoms with Crippen molar-refractivity contribution in [2.75, 3.05) is 18.9 Å². The molecule has 2 rings (SSSR count). The van der Waals surface area contributed by atoms with Crippen LogP contribution in [0.1, 0.15) is 11.1 Å². The first kappa shape index (κ1) is 18.1. The third kappa shape index (κ3) is 3.81. The van der Waals surface area contributed by atoms with Crippen LogP contribution < -0.4 is 14.2 Å². The zero-order chi connectivity index (χ0) is 17.9. The molecule has 0 amide bonds. The Morgan fingerprint density at radius 3 is 2.38 bits per heavy atom. The molecular formula is C16H16F3NO3S. The van der Waals surface area contributed by atoms with Crippen LogP contribution in [-0.4, -0.2) is 18.4 Å². The smallest absolute Gasteiger partial charge is 0.416 e. The predicted octanol–water partition coefficient (Wildman–Crippen LogP) is 4.17. The fraction of sp³-hybridized carbons (Fsp3) is 0.250. The summed E-state index contributed by atoms with van der Waals surface area (Å²) in [5, 5.41) is 0. The first-order valence-corrected chi connectivity index (χ1v) is 8.00. The van der Waals surface area contributed by atoms with Crippen LogP contribution in [0.15, 0.2) is 41.3 Å².